The maximum absolute atomic E-state index is 12.4. The molecule has 1 aliphatic heterocycles. The minimum atomic E-state index is -0.479. The molecule has 3 rings (SSSR count). The van der Waals surface area contributed by atoms with Crippen LogP contribution in [0.3, 0.4) is 0 Å². The van der Waals surface area contributed by atoms with E-state index in [4.69, 9.17) is 11.6 Å². The normalized spacial score (nSPS) is 15.7. The first-order chi connectivity index (χ1) is 12.0. The highest BCUT2D eigenvalue weighted by Crippen LogP contribution is 2.32. The third-order valence-electron chi connectivity index (χ3n) is 3.40. The molecule has 126 valence electrons. The van der Waals surface area contributed by atoms with Crippen molar-refractivity contribution in [2.45, 2.75) is 0 Å². The van der Waals surface area contributed by atoms with Gasteiger partial charge in [0.15, 0.2) is 0 Å². The summed E-state index contributed by atoms with van der Waals surface area (Å²) in [6.07, 6.45) is 1.61. The Balaban J connectivity index is 1.69. The van der Waals surface area contributed by atoms with E-state index < -0.39 is 17.1 Å². The summed E-state index contributed by atoms with van der Waals surface area (Å²) in [5.41, 5.74) is 1.36. The van der Waals surface area contributed by atoms with Crippen molar-refractivity contribution >= 4 is 52.2 Å². The van der Waals surface area contributed by atoms with Gasteiger partial charge in [-0.2, -0.15) is 0 Å². The molecular formula is C18H13ClN2O3S. The maximum atomic E-state index is 12.4. The lowest BCUT2D eigenvalue weighted by Crippen LogP contribution is -2.36. The zero-order valence-electron chi connectivity index (χ0n) is 12.9. The van der Waals surface area contributed by atoms with Crippen LogP contribution in [0.1, 0.15) is 5.56 Å². The molecule has 1 N–H and O–H groups in total. The molecule has 7 heteroatoms. The van der Waals surface area contributed by atoms with Crippen molar-refractivity contribution < 1.29 is 14.4 Å². The molecule has 1 fully saturated rings. The van der Waals surface area contributed by atoms with Crippen LogP contribution in [0.2, 0.25) is 5.02 Å². The number of carbonyl (C=O) groups excluding carboxylic acids is 3. The van der Waals surface area contributed by atoms with Crippen LogP contribution in [0.15, 0.2) is 59.5 Å². The van der Waals surface area contributed by atoms with Crippen molar-refractivity contribution in [1.29, 1.82) is 0 Å². The smallest absolute Gasteiger partial charge is 0.294 e. The Morgan fingerprint density at radius 1 is 1.08 bits per heavy atom. The first kappa shape index (κ1) is 17.3. The van der Waals surface area contributed by atoms with Crippen molar-refractivity contribution in [2.75, 3.05) is 11.9 Å². The lowest BCUT2D eigenvalue weighted by atomic mass is 10.2. The average Bonchev–Trinajstić information content (AvgIpc) is 2.85. The Bertz CT molecular complexity index is 850. The summed E-state index contributed by atoms with van der Waals surface area (Å²) in [5, 5.41) is 2.77. The average molecular weight is 373 g/mol. The van der Waals surface area contributed by atoms with Gasteiger partial charge in [-0.15, -0.1) is 0 Å². The number of rotatable bonds is 4. The molecule has 0 aliphatic carbocycles. The summed E-state index contributed by atoms with van der Waals surface area (Å²) in [6, 6.07) is 15.7. The quantitative estimate of drug-likeness (QED) is 0.823. The predicted octanol–water partition coefficient (Wildman–Crippen LogP) is 4.02. The van der Waals surface area contributed by atoms with Crippen molar-refractivity contribution in [3.05, 3.63) is 70.1 Å². The molecule has 2 aromatic rings. The fourth-order valence-electron chi connectivity index (χ4n) is 2.21. The molecular weight excluding hydrogens is 360 g/mol. The Hall–Kier alpha value is -2.57. The van der Waals surface area contributed by atoms with Gasteiger partial charge in [0.2, 0.25) is 5.91 Å². The first-order valence-electron chi connectivity index (χ1n) is 7.39. The summed E-state index contributed by atoms with van der Waals surface area (Å²) in [4.78, 5) is 37.7. The Morgan fingerprint density at radius 2 is 1.76 bits per heavy atom. The Morgan fingerprint density at radius 3 is 2.44 bits per heavy atom. The van der Waals surface area contributed by atoms with Gasteiger partial charge in [0.1, 0.15) is 6.54 Å². The van der Waals surface area contributed by atoms with Crippen LogP contribution >= 0.6 is 23.4 Å². The maximum Gasteiger partial charge on any atom is 0.294 e. The molecule has 0 radical (unpaired) electrons. The van der Waals surface area contributed by atoms with Crippen LogP contribution in [0, 0.1) is 0 Å². The van der Waals surface area contributed by atoms with Gasteiger partial charge in [-0.05, 0) is 47.7 Å². The molecule has 25 heavy (non-hydrogen) atoms. The molecule has 0 spiro atoms. The molecule has 0 atom stereocenters. The second-order valence-corrected chi connectivity index (χ2v) is 6.66. The Labute approximate surface area is 153 Å². The Kier molecular flexibility index (Phi) is 5.21. The molecule has 3 amide bonds. The summed E-state index contributed by atoms with van der Waals surface area (Å²) < 4.78 is 0. The van der Waals surface area contributed by atoms with Crippen molar-refractivity contribution in [2.24, 2.45) is 0 Å². The van der Waals surface area contributed by atoms with Gasteiger partial charge >= 0.3 is 0 Å². The number of hydrogen-bond donors (Lipinski definition) is 1. The molecule has 0 unspecified atom stereocenters. The molecule has 2 aromatic carbocycles. The van der Waals surface area contributed by atoms with E-state index in [1.54, 1.807) is 54.6 Å². The van der Waals surface area contributed by atoms with E-state index in [-0.39, 0.29) is 11.4 Å². The van der Waals surface area contributed by atoms with Crippen molar-refractivity contribution in [3.63, 3.8) is 0 Å². The van der Waals surface area contributed by atoms with Gasteiger partial charge in [0.05, 0.1) is 4.91 Å². The molecule has 1 aliphatic rings. The molecule has 0 saturated carbocycles. The van der Waals surface area contributed by atoms with E-state index in [2.05, 4.69) is 5.32 Å². The van der Waals surface area contributed by atoms with Crippen LogP contribution in [0.5, 0.6) is 0 Å². The SMILES string of the molecule is O=C(CN1C(=O)S/C(=C\c2ccc(Cl)cc2)C1=O)Nc1ccccc1. The number of anilines is 1. The highest BCUT2D eigenvalue weighted by atomic mass is 35.5. The fourth-order valence-corrected chi connectivity index (χ4v) is 3.18. The molecule has 0 aromatic heterocycles. The number of benzene rings is 2. The summed E-state index contributed by atoms with van der Waals surface area (Å²) in [6.45, 7) is -0.322. The number of nitrogens with one attached hydrogen (secondary N) is 1. The predicted molar refractivity (Wildman–Crippen MR) is 99.2 cm³/mol. The van der Waals surface area contributed by atoms with E-state index in [0.29, 0.717) is 10.7 Å². The van der Waals surface area contributed by atoms with Gasteiger partial charge in [-0.1, -0.05) is 41.9 Å². The number of imide groups is 1. The van der Waals surface area contributed by atoms with Gasteiger partial charge in [-0.3, -0.25) is 19.3 Å². The standard InChI is InChI=1S/C18H13ClN2O3S/c19-13-8-6-12(7-9-13)10-15-17(23)21(18(24)25-15)11-16(22)20-14-4-2-1-3-5-14/h1-10H,11H2,(H,20,22)/b15-10-. The second-order valence-electron chi connectivity index (χ2n) is 5.23. The summed E-state index contributed by atoms with van der Waals surface area (Å²) in [5.74, 6) is -0.908. The minimum absolute atomic E-state index is 0.278. The second kappa shape index (κ2) is 7.55. The third kappa shape index (κ3) is 4.29. The van der Waals surface area contributed by atoms with Gasteiger partial charge < -0.3 is 5.32 Å². The monoisotopic (exact) mass is 372 g/mol. The first-order valence-corrected chi connectivity index (χ1v) is 8.58. The van der Waals surface area contributed by atoms with Gasteiger partial charge in [0, 0.05) is 10.7 Å². The molecule has 0 bridgehead atoms. The number of thioether (sulfide) groups is 1. The minimum Gasteiger partial charge on any atom is -0.325 e. The largest absolute Gasteiger partial charge is 0.325 e. The summed E-state index contributed by atoms with van der Waals surface area (Å²) >= 11 is 6.64. The molecule has 1 saturated heterocycles. The lowest BCUT2D eigenvalue weighted by molar-refractivity contribution is -0.127. The van der Waals surface area contributed by atoms with Crippen LogP contribution in [0.25, 0.3) is 6.08 Å². The number of nitrogens with zero attached hydrogens (tertiary/aromatic N) is 1. The van der Waals surface area contributed by atoms with Crippen LogP contribution < -0.4 is 5.32 Å². The van der Waals surface area contributed by atoms with E-state index in [1.807, 2.05) is 6.07 Å². The van der Waals surface area contributed by atoms with E-state index in [0.717, 1.165) is 22.2 Å². The van der Waals surface area contributed by atoms with Crippen molar-refractivity contribution in [1.82, 2.24) is 4.90 Å². The topological polar surface area (TPSA) is 66.5 Å². The molecule has 1 heterocycles. The number of amides is 3. The molecule has 5 nitrogen and oxygen atoms in total. The number of carbonyl (C=O) groups is 3. The lowest BCUT2D eigenvalue weighted by Gasteiger charge is -2.12. The van der Waals surface area contributed by atoms with Crippen LogP contribution in [-0.2, 0) is 9.59 Å². The van der Waals surface area contributed by atoms with Crippen LogP contribution in [-0.4, -0.2) is 28.5 Å². The number of halogens is 1. The van der Waals surface area contributed by atoms with Crippen molar-refractivity contribution in [3.8, 4) is 0 Å². The highest BCUT2D eigenvalue weighted by molar-refractivity contribution is 8.18. The fraction of sp³-hybridized carbons (Fsp3) is 0.0556. The zero-order valence-corrected chi connectivity index (χ0v) is 14.5. The number of hydrogen-bond acceptors (Lipinski definition) is 4. The summed E-state index contributed by atoms with van der Waals surface area (Å²) in [7, 11) is 0. The van der Waals surface area contributed by atoms with E-state index >= 15 is 0 Å². The highest BCUT2D eigenvalue weighted by Gasteiger charge is 2.36. The number of para-hydroxylation sites is 1. The van der Waals surface area contributed by atoms with E-state index in [9.17, 15) is 14.4 Å². The van der Waals surface area contributed by atoms with E-state index in [1.165, 1.54) is 0 Å². The van der Waals surface area contributed by atoms with Crippen LogP contribution in [0.4, 0.5) is 10.5 Å². The van der Waals surface area contributed by atoms with Gasteiger partial charge in [-0.25, -0.2) is 0 Å². The third-order valence-corrected chi connectivity index (χ3v) is 4.56. The zero-order chi connectivity index (χ0) is 17.8. The van der Waals surface area contributed by atoms with Gasteiger partial charge in [0.25, 0.3) is 11.1 Å².